The second kappa shape index (κ2) is 11.4. The molecule has 1 fully saturated rings. The second-order valence-corrected chi connectivity index (χ2v) is 9.81. The van der Waals surface area contributed by atoms with Gasteiger partial charge >= 0.3 is 5.97 Å². The van der Waals surface area contributed by atoms with Gasteiger partial charge in [0.1, 0.15) is 11.9 Å². The van der Waals surface area contributed by atoms with Crippen LogP contribution in [-0.4, -0.2) is 47.3 Å². The zero-order valence-corrected chi connectivity index (χ0v) is 20.4. The number of halogens is 2. The summed E-state index contributed by atoms with van der Waals surface area (Å²) < 4.78 is 5.86. The minimum atomic E-state index is -1.10. The summed E-state index contributed by atoms with van der Waals surface area (Å²) in [6.07, 6.45) is 6.55. The Labute approximate surface area is 209 Å². The van der Waals surface area contributed by atoms with Gasteiger partial charge in [0.25, 0.3) is 5.91 Å². The van der Waals surface area contributed by atoms with Crippen molar-refractivity contribution in [3.8, 4) is 0 Å². The van der Waals surface area contributed by atoms with Crippen LogP contribution in [0.5, 0.6) is 0 Å². The first-order valence-corrected chi connectivity index (χ1v) is 12.5. The lowest BCUT2D eigenvalue weighted by molar-refractivity contribution is -0.140. The maximum atomic E-state index is 12.4. The Morgan fingerprint density at radius 2 is 2.03 bits per heavy atom. The van der Waals surface area contributed by atoms with Crippen molar-refractivity contribution >= 4 is 40.9 Å². The van der Waals surface area contributed by atoms with Crippen molar-refractivity contribution in [2.45, 2.75) is 57.1 Å². The standard InChI is InChI=1S/C25H29Cl2N3O4/c26-20-8-5-17(14-21(20)27)24(31)30-22(25(32)33)9-11-34-19-12-15(13-19)3-6-18-7-4-16-2-1-10-28-23(16)29-18/h4-5,7-8,14-15,19,22H,1-3,6,9-13H2,(H,28,29)(H,30,31)(H,32,33). The number of carbonyl (C=O) groups is 2. The number of nitrogens with zero attached hydrogens (tertiary/aromatic N) is 1. The fourth-order valence-electron chi connectivity index (χ4n) is 4.40. The van der Waals surface area contributed by atoms with Crippen LogP contribution in [-0.2, 0) is 22.4 Å². The number of carbonyl (C=O) groups excluding carboxylic acids is 1. The summed E-state index contributed by atoms with van der Waals surface area (Å²) in [4.78, 5) is 28.7. The third kappa shape index (κ3) is 6.40. The lowest BCUT2D eigenvalue weighted by Gasteiger charge is -2.35. The Morgan fingerprint density at radius 1 is 1.21 bits per heavy atom. The number of aromatic nitrogens is 1. The van der Waals surface area contributed by atoms with Gasteiger partial charge in [-0.25, -0.2) is 9.78 Å². The van der Waals surface area contributed by atoms with E-state index >= 15 is 0 Å². The van der Waals surface area contributed by atoms with Crippen molar-refractivity contribution in [1.82, 2.24) is 10.3 Å². The Balaban J connectivity index is 1.15. The highest BCUT2D eigenvalue weighted by Crippen LogP contribution is 2.34. The molecule has 0 spiro atoms. The van der Waals surface area contributed by atoms with E-state index in [1.54, 1.807) is 0 Å². The van der Waals surface area contributed by atoms with Crippen molar-refractivity contribution in [1.29, 1.82) is 0 Å². The van der Waals surface area contributed by atoms with E-state index in [2.05, 4.69) is 22.8 Å². The monoisotopic (exact) mass is 505 g/mol. The molecule has 7 nitrogen and oxygen atoms in total. The molecular formula is C25H29Cl2N3O4. The highest BCUT2D eigenvalue weighted by atomic mass is 35.5. The molecule has 2 aliphatic rings. The van der Waals surface area contributed by atoms with E-state index in [1.807, 2.05) is 0 Å². The van der Waals surface area contributed by atoms with Gasteiger partial charge in [0.2, 0.25) is 0 Å². The van der Waals surface area contributed by atoms with Gasteiger partial charge in [-0.15, -0.1) is 0 Å². The van der Waals surface area contributed by atoms with Crippen LogP contribution in [0, 0.1) is 5.92 Å². The van der Waals surface area contributed by atoms with Crippen molar-refractivity contribution in [3.63, 3.8) is 0 Å². The molecule has 3 N–H and O–H groups in total. The Morgan fingerprint density at radius 3 is 2.79 bits per heavy atom. The topological polar surface area (TPSA) is 101 Å². The first kappa shape index (κ1) is 24.8. The minimum Gasteiger partial charge on any atom is -0.480 e. The Bertz CT molecular complexity index is 1040. The zero-order chi connectivity index (χ0) is 24.1. The van der Waals surface area contributed by atoms with Crippen LogP contribution in [0.4, 0.5) is 5.82 Å². The number of anilines is 1. The largest absolute Gasteiger partial charge is 0.480 e. The number of aryl methyl sites for hydroxylation is 2. The Hall–Kier alpha value is -2.35. The predicted octanol–water partition coefficient (Wildman–Crippen LogP) is 4.75. The van der Waals surface area contributed by atoms with Gasteiger partial charge in [0, 0.05) is 30.8 Å². The van der Waals surface area contributed by atoms with Gasteiger partial charge in [0.05, 0.1) is 16.1 Å². The number of pyridine rings is 1. The third-order valence-electron chi connectivity index (χ3n) is 6.50. The molecule has 1 atom stereocenters. The zero-order valence-electron chi connectivity index (χ0n) is 18.9. The van der Waals surface area contributed by atoms with Gasteiger partial charge in [-0.3, -0.25) is 4.79 Å². The molecule has 34 heavy (non-hydrogen) atoms. The van der Waals surface area contributed by atoms with Crippen LogP contribution < -0.4 is 10.6 Å². The lowest BCUT2D eigenvalue weighted by Crippen LogP contribution is -2.42. The molecule has 2 heterocycles. The van der Waals surface area contributed by atoms with Crippen LogP contribution in [0.25, 0.3) is 0 Å². The number of hydrogen-bond acceptors (Lipinski definition) is 5. The van der Waals surface area contributed by atoms with Gasteiger partial charge < -0.3 is 20.5 Å². The third-order valence-corrected chi connectivity index (χ3v) is 7.24. The normalized spacial score (nSPS) is 19.9. The smallest absolute Gasteiger partial charge is 0.326 e. The summed E-state index contributed by atoms with van der Waals surface area (Å²) in [5.41, 5.74) is 2.69. The van der Waals surface area contributed by atoms with E-state index in [1.165, 1.54) is 23.8 Å². The number of benzene rings is 1. The average Bonchev–Trinajstić information content (AvgIpc) is 2.80. The van der Waals surface area contributed by atoms with Crippen LogP contribution >= 0.6 is 23.2 Å². The van der Waals surface area contributed by atoms with Crippen LogP contribution in [0.2, 0.25) is 10.0 Å². The molecule has 1 amide bonds. The number of rotatable bonds is 10. The number of carboxylic acid groups (broad SMARTS) is 1. The summed E-state index contributed by atoms with van der Waals surface area (Å²) in [6, 6.07) is 7.71. The number of nitrogens with one attached hydrogen (secondary N) is 2. The molecule has 0 bridgehead atoms. The lowest BCUT2D eigenvalue weighted by atomic mass is 9.79. The molecule has 1 aliphatic carbocycles. The van der Waals surface area contributed by atoms with Crippen LogP contribution in [0.15, 0.2) is 30.3 Å². The summed E-state index contributed by atoms with van der Waals surface area (Å²) in [5.74, 6) is 0.0226. The fourth-order valence-corrected chi connectivity index (χ4v) is 4.69. The molecule has 182 valence electrons. The second-order valence-electron chi connectivity index (χ2n) is 8.99. The molecule has 1 aromatic carbocycles. The molecule has 1 aromatic heterocycles. The van der Waals surface area contributed by atoms with E-state index < -0.39 is 17.9 Å². The molecule has 1 unspecified atom stereocenters. The van der Waals surface area contributed by atoms with E-state index in [0.717, 1.165) is 56.6 Å². The quantitative estimate of drug-likeness (QED) is 0.430. The number of fused-ring (bicyclic) bond motifs is 1. The first-order valence-electron chi connectivity index (χ1n) is 11.7. The number of ether oxygens (including phenoxy) is 1. The van der Waals surface area contributed by atoms with Gasteiger partial charge in [-0.1, -0.05) is 29.3 Å². The molecule has 9 heteroatoms. The number of amides is 1. The summed E-state index contributed by atoms with van der Waals surface area (Å²) >= 11 is 11.8. The van der Waals surface area contributed by atoms with E-state index in [0.29, 0.717) is 10.9 Å². The van der Waals surface area contributed by atoms with Gasteiger partial charge in [0.15, 0.2) is 0 Å². The number of carboxylic acids is 1. The van der Waals surface area contributed by atoms with Gasteiger partial charge in [-0.2, -0.15) is 0 Å². The van der Waals surface area contributed by atoms with Crippen LogP contribution in [0.3, 0.4) is 0 Å². The predicted molar refractivity (Wildman–Crippen MR) is 132 cm³/mol. The average molecular weight is 506 g/mol. The molecule has 1 aliphatic heterocycles. The molecule has 1 saturated carbocycles. The van der Waals surface area contributed by atoms with Crippen molar-refractivity contribution in [2.75, 3.05) is 18.5 Å². The van der Waals surface area contributed by atoms with Crippen molar-refractivity contribution in [2.24, 2.45) is 5.92 Å². The summed E-state index contributed by atoms with van der Waals surface area (Å²) in [5, 5.41) is 15.9. The SMILES string of the molecule is O=C(NC(CCOC1CC(CCc2ccc3c(n2)NCCC3)C1)C(=O)O)c1ccc(Cl)c(Cl)c1. The Kier molecular flexibility index (Phi) is 8.29. The molecule has 0 radical (unpaired) electrons. The maximum absolute atomic E-state index is 12.4. The number of hydrogen-bond donors (Lipinski definition) is 3. The fraction of sp³-hybridized carbons (Fsp3) is 0.480. The van der Waals surface area contributed by atoms with Gasteiger partial charge in [-0.05, 0) is 74.3 Å². The number of aliphatic carboxylic acids is 1. The molecular weight excluding hydrogens is 477 g/mol. The van der Waals surface area contributed by atoms with E-state index in [-0.39, 0.29) is 29.7 Å². The molecule has 0 saturated heterocycles. The maximum Gasteiger partial charge on any atom is 0.326 e. The first-order chi connectivity index (χ1) is 16.4. The molecule has 4 rings (SSSR count). The van der Waals surface area contributed by atoms with Crippen molar-refractivity contribution < 1.29 is 19.4 Å². The van der Waals surface area contributed by atoms with Crippen molar-refractivity contribution in [3.05, 3.63) is 57.2 Å². The highest BCUT2D eigenvalue weighted by Gasteiger charge is 2.30. The van der Waals surface area contributed by atoms with Crippen LogP contribution in [0.1, 0.15) is 53.7 Å². The van der Waals surface area contributed by atoms with E-state index in [9.17, 15) is 14.7 Å². The molecule has 2 aromatic rings. The van der Waals surface area contributed by atoms with E-state index in [4.69, 9.17) is 32.9 Å². The summed E-state index contributed by atoms with van der Waals surface area (Å²) in [7, 11) is 0. The summed E-state index contributed by atoms with van der Waals surface area (Å²) in [6.45, 7) is 1.26. The minimum absolute atomic E-state index is 0.142. The highest BCUT2D eigenvalue weighted by molar-refractivity contribution is 6.42.